The van der Waals surface area contributed by atoms with Gasteiger partial charge in [0.15, 0.2) is 5.78 Å². The Morgan fingerprint density at radius 3 is 3.00 bits per heavy atom. The number of ketones is 1. The zero-order chi connectivity index (χ0) is 16.6. The van der Waals surface area contributed by atoms with Crippen LogP contribution in [0.5, 0.6) is 0 Å². The molecule has 0 amide bonds. The summed E-state index contributed by atoms with van der Waals surface area (Å²) in [6.45, 7) is 5.93. The lowest BCUT2D eigenvalue weighted by atomic mass is 9.59. The number of carbonyl (C=O) groups is 1. The summed E-state index contributed by atoms with van der Waals surface area (Å²) in [5.74, 6) is 1.46. The lowest BCUT2D eigenvalue weighted by Gasteiger charge is -2.44. The second-order valence-corrected chi connectivity index (χ2v) is 7.06. The minimum atomic E-state index is -0.146. The van der Waals surface area contributed by atoms with Crippen molar-refractivity contribution < 1.29 is 14.6 Å². The number of aromatic nitrogens is 2. The average molecular weight is 318 g/mol. The van der Waals surface area contributed by atoms with E-state index in [2.05, 4.69) is 18.4 Å². The van der Waals surface area contributed by atoms with Gasteiger partial charge in [0.2, 0.25) is 0 Å². The van der Waals surface area contributed by atoms with E-state index in [4.69, 9.17) is 9.72 Å². The highest BCUT2D eigenvalue weighted by Crippen LogP contribution is 2.50. The van der Waals surface area contributed by atoms with Gasteiger partial charge in [-0.25, -0.2) is 4.98 Å². The molecule has 0 aliphatic heterocycles. The van der Waals surface area contributed by atoms with Gasteiger partial charge in [-0.15, -0.1) is 0 Å². The number of allylic oxidation sites excluding steroid dienone is 1. The molecule has 0 spiro atoms. The normalized spacial score (nSPS) is 28.7. The highest BCUT2D eigenvalue weighted by Gasteiger charge is 2.48. The van der Waals surface area contributed by atoms with Crippen LogP contribution < -0.4 is 0 Å². The third-order valence-corrected chi connectivity index (χ3v) is 5.67. The molecule has 1 fully saturated rings. The van der Waals surface area contributed by atoms with E-state index in [9.17, 15) is 9.90 Å². The van der Waals surface area contributed by atoms with Gasteiger partial charge in [-0.05, 0) is 38.5 Å². The second-order valence-electron chi connectivity index (χ2n) is 7.06. The van der Waals surface area contributed by atoms with Crippen molar-refractivity contribution >= 4 is 5.78 Å². The van der Waals surface area contributed by atoms with E-state index in [1.165, 1.54) is 5.69 Å². The van der Waals surface area contributed by atoms with Crippen LogP contribution in [0.15, 0.2) is 11.8 Å². The van der Waals surface area contributed by atoms with Crippen LogP contribution >= 0.6 is 0 Å². The fraction of sp³-hybridized carbons (Fsp3) is 0.667. The molecule has 1 N–H and O–H groups in total. The summed E-state index contributed by atoms with van der Waals surface area (Å²) in [4.78, 5) is 17.0. The monoisotopic (exact) mass is 318 g/mol. The Morgan fingerprint density at radius 2 is 2.30 bits per heavy atom. The molecule has 3 rings (SSSR count). The smallest absolute Gasteiger partial charge is 0.162 e. The van der Waals surface area contributed by atoms with Crippen LogP contribution in [0, 0.1) is 12.8 Å². The van der Waals surface area contributed by atoms with Crippen LogP contribution in [0.4, 0.5) is 0 Å². The van der Waals surface area contributed by atoms with E-state index in [-0.39, 0.29) is 11.2 Å². The number of ether oxygens (including phenoxy) is 1. The number of aliphatic hydroxyl groups excluding tert-OH is 1. The van der Waals surface area contributed by atoms with E-state index in [1.54, 1.807) is 7.11 Å². The van der Waals surface area contributed by atoms with Crippen LogP contribution in [-0.4, -0.2) is 34.2 Å². The largest absolute Gasteiger partial charge is 0.515 e. The summed E-state index contributed by atoms with van der Waals surface area (Å²) in [5.41, 5.74) is 2.84. The predicted octanol–water partition coefficient (Wildman–Crippen LogP) is 2.85. The molecule has 0 saturated heterocycles. The Balaban J connectivity index is 1.96. The fourth-order valence-corrected chi connectivity index (χ4v) is 4.33. The standard InChI is InChI=1S/C18H26N2O3/c1-12-19-17-15(20(12)7-4-8-23-3)6-5-14-9-16(22)13(11-21)10-18(14,17)2/h11,14,21H,4-10H2,1-3H3/b13-11-. The Labute approximate surface area is 137 Å². The molecule has 5 nitrogen and oxygen atoms in total. The van der Waals surface area contributed by atoms with Crippen LogP contribution in [0.3, 0.4) is 0 Å². The Bertz CT molecular complexity index is 647. The summed E-state index contributed by atoms with van der Waals surface area (Å²) in [7, 11) is 1.73. The molecule has 0 bridgehead atoms. The van der Waals surface area contributed by atoms with Crippen molar-refractivity contribution in [3.8, 4) is 0 Å². The summed E-state index contributed by atoms with van der Waals surface area (Å²) in [5, 5.41) is 9.39. The Morgan fingerprint density at radius 1 is 1.52 bits per heavy atom. The first-order valence-corrected chi connectivity index (χ1v) is 8.43. The highest BCUT2D eigenvalue weighted by molar-refractivity contribution is 5.96. The Hall–Kier alpha value is -1.62. The fourth-order valence-electron chi connectivity index (χ4n) is 4.33. The number of nitrogens with zero attached hydrogens (tertiary/aromatic N) is 2. The number of imidazole rings is 1. The first-order chi connectivity index (χ1) is 11.0. The number of Topliss-reactive ketones (excluding diaryl/α,β-unsaturated/α-hetero) is 1. The first-order valence-electron chi connectivity index (χ1n) is 8.43. The number of aryl methyl sites for hydroxylation is 1. The van der Waals surface area contributed by atoms with Crippen molar-refractivity contribution in [2.45, 2.75) is 57.9 Å². The topological polar surface area (TPSA) is 64.4 Å². The van der Waals surface area contributed by atoms with E-state index in [0.29, 0.717) is 24.3 Å². The van der Waals surface area contributed by atoms with Crippen LogP contribution in [0.2, 0.25) is 0 Å². The van der Waals surface area contributed by atoms with Crippen molar-refractivity contribution in [3.63, 3.8) is 0 Å². The minimum absolute atomic E-state index is 0.0923. The molecule has 126 valence electrons. The predicted molar refractivity (Wildman–Crippen MR) is 87.6 cm³/mol. The molecule has 2 aliphatic carbocycles. The molecular formula is C18H26N2O3. The lowest BCUT2D eigenvalue weighted by molar-refractivity contribution is -0.119. The van der Waals surface area contributed by atoms with Crippen molar-refractivity contribution in [1.29, 1.82) is 0 Å². The van der Waals surface area contributed by atoms with Gasteiger partial charge < -0.3 is 14.4 Å². The summed E-state index contributed by atoms with van der Waals surface area (Å²) < 4.78 is 7.48. The number of methoxy groups -OCH3 is 1. The molecule has 0 aromatic carbocycles. The molecule has 1 heterocycles. The van der Waals surface area contributed by atoms with E-state index in [0.717, 1.165) is 50.2 Å². The van der Waals surface area contributed by atoms with Gasteiger partial charge in [0.05, 0.1) is 12.0 Å². The van der Waals surface area contributed by atoms with E-state index < -0.39 is 0 Å². The maximum atomic E-state index is 12.1. The molecule has 1 saturated carbocycles. The summed E-state index contributed by atoms with van der Waals surface area (Å²) >= 11 is 0. The van der Waals surface area contributed by atoms with Gasteiger partial charge in [0.1, 0.15) is 5.82 Å². The van der Waals surface area contributed by atoms with Gasteiger partial charge in [0.25, 0.3) is 0 Å². The molecule has 1 aromatic rings. The second kappa shape index (κ2) is 6.11. The molecule has 5 heteroatoms. The van der Waals surface area contributed by atoms with Crippen LogP contribution in [-0.2, 0) is 27.9 Å². The maximum Gasteiger partial charge on any atom is 0.162 e. The maximum absolute atomic E-state index is 12.1. The SMILES string of the molecule is COCCCn1c(C)nc2c1CCC1CC(=O)/C(=C\O)CC21C. The van der Waals surface area contributed by atoms with Crippen LogP contribution in [0.25, 0.3) is 0 Å². The van der Waals surface area contributed by atoms with Gasteiger partial charge in [0, 0.05) is 43.4 Å². The molecule has 2 aliphatic rings. The lowest BCUT2D eigenvalue weighted by Crippen LogP contribution is -2.43. The molecule has 0 radical (unpaired) electrons. The van der Waals surface area contributed by atoms with E-state index in [1.807, 2.05) is 0 Å². The highest BCUT2D eigenvalue weighted by atomic mass is 16.5. The van der Waals surface area contributed by atoms with Gasteiger partial charge >= 0.3 is 0 Å². The molecule has 2 atom stereocenters. The Kier molecular flexibility index (Phi) is 4.32. The van der Waals surface area contributed by atoms with Gasteiger partial charge in [-0.2, -0.15) is 0 Å². The van der Waals surface area contributed by atoms with Crippen molar-refractivity contribution in [1.82, 2.24) is 9.55 Å². The number of hydrogen-bond donors (Lipinski definition) is 1. The van der Waals surface area contributed by atoms with Crippen molar-refractivity contribution in [2.24, 2.45) is 5.92 Å². The number of hydrogen-bond acceptors (Lipinski definition) is 4. The van der Waals surface area contributed by atoms with Crippen LogP contribution in [0.1, 0.15) is 49.8 Å². The molecule has 23 heavy (non-hydrogen) atoms. The average Bonchev–Trinajstić information content (AvgIpc) is 2.85. The number of carbonyl (C=O) groups excluding carboxylic acids is 1. The number of fused-ring (bicyclic) bond motifs is 3. The molecule has 2 unspecified atom stereocenters. The molecule has 1 aromatic heterocycles. The summed E-state index contributed by atoms with van der Waals surface area (Å²) in [6.07, 6.45) is 5.09. The zero-order valence-corrected chi connectivity index (χ0v) is 14.3. The zero-order valence-electron chi connectivity index (χ0n) is 14.3. The third kappa shape index (κ3) is 2.61. The minimum Gasteiger partial charge on any atom is -0.515 e. The first kappa shape index (κ1) is 16.2. The molecular weight excluding hydrogens is 292 g/mol. The number of rotatable bonds is 4. The van der Waals surface area contributed by atoms with Crippen molar-refractivity contribution in [2.75, 3.05) is 13.7 Å². The van der Waals surface area contributed by atoms with Gasteiger partial charge in [-0.1, -0.05) is 6.92 Å². The van der Waals surface area contributed by atoms with Crippen molar-refractivity contribution in [3.05, 3.63) is 29.0 Å². The van der Waals surface area contributed by atoms with E-state index >= 15 is 0 Å². The van der Waals surface area contributed by atoms with Gasteiger partial charge in [-0.3, -0.25) is 4.79 Å². The summed E-state index contributed by atoms with van der Waals surface area (Å²) in [6, 6.07) is 0. The quantitative estimate of drug-likeness (QED) is 0.527. The number of aliphatic hydroxyl groups is 1. The third-order valence-electron chi connectivity index (χ3n) is 5.67.